The lowest BCUT2D eigenvalue weighted by atomic mass is 10.1. The number of rotatable bonds is 7. The molecule has 1 N–H and O–H groups in total. The molecule has 0 spiro atoms. The molecule has 5 nitrogen and oxygen atoms in total. The van der Waals surface area contributed by atoms with Gasteiger partial charge in [0.1, 0.15) is 5.75 Å². The lowest BCUT2D eigenvalue weighted by molar-refractivity contribution is -0.384. The van der Waals surface area contributed by atoms with Crippen molar-refractivity contribution >= 4 is 5.69 Å². The van der Waals surface area contributed by atoms with Crippen LogP contribution in [0, 0.1) is 10.1 Å². The van der Waals surface area contributed by atoms with Crippen LogP contribution in [0.5, 0.6) is 5.75 Å². The highest BCUT2D eigenvalue weighted by Crippen LogP contribution is 2.24. The van der Waals surface area contributed by atoms with E-state index in [0.717, 1.165) is 18.4 Å². The van der Waals surface area contributed by atoms with E-state index in [-0.39, 0.29) is 10.6 Å². The van der Waals surface area contributed by atoms with E-state index in [1.54, 1.807) is 19.2 Å². The second-order valence-corrected chi connectivity index (χ2v) is 4.15. The van der Waals surface area contributed by atoms with Crippen molar-refractivity contribution < 1.29 is 9.66 Å². The molecule has 0 bridgehead atoms. The van der Waals surface area contributed by atoms with Gasteiger partial charge in [0, 0.05) is 30.3 Å². The Morgan fingerprint density at radius 1 is 1.39 bits per heavy atom. The van der Waals surface area contributed by atoms with Gasteiger partial charge in [0.15, 0.2) is 0 Å². The van der Waals surface area contributed by atoms with Crippen LogP contribution in [0.4, 0.5) is 5.69 Å². The number of ether oxygens (including phenoxy) is 1. The second kappa shape index (κ2) is 6.96. The van der Waals surface area contributed by atoms with Gasteiger partial charge in [-0.1, -0.05) is 13.8 Å². The van der Waals surface area contributed by atoms with Gasteiger partial charge >= 0.3 is 0 Å². The molecule has 0 fully saturated rings. The van der Waals surface area contributed by atoms with Crippen molar-refractivity contribution in [3.8, 4) is 5.75 Å². The van der Waals surface area contributed by atoms with Crippen LogP contribution in [0.3, 0.4) is 0 Å². The predicted molar refractivity (Wildman–Crippen MR) is 70.9 cm³/mol. The minimum Gasteiger partial charge on any atom is -0.496 e. The summed E-state index contributed by atoms with van der Waals surface area (Å²) >= 11 is 0. The number of non-ortho nitro benzene ring substituents is 1. The largest absolute Gasteiger partial charge is 0.496 e. The smallest absolute Gasteiger partial charge is 0.270 e. The van der Waals surface area contributed by atoms with Crippen LogP contribution in [0.25, 0.3) is 0 Å². The molecule has 0 heterocycles. The van der Waals surface area contributed by atoms with Gasteiger partial charge in [-0.05, 0) is 18.9 Å². The summed E-state index contributed by atoms with van der Waals surface area (Å²) in [4.78, 5) is 10.4. The van der Waals surface area contributed by atoms with Crippen molar-refractivity contribution in [2.45, 2.75) is 39.3 Å². The van der Waals surface area contributed by atoms with Crippen molar-refractivity contribution in [3.05, 3.63) is 33.9 Å². The molecule has 100 valence electrons. The van der Waals surface area contributed by atoms with E-state index in [9.17, 15) is 10.1 Å². The van der Waals surface area contributed by atoms with Gasteiger partial charge in [-0.25, -0.2) is 0 Å². The summed E-state index contributed by atoms with van der Waals surface area (Å²) in [6, 6.07) is 5.09. The quantitative estimate of drug-likeness (QED) is 0.598. The maximum Gasteiger partial charge on any atom is 0.270 e. The van der Waals surface area contributed by atoms with Crippen molar-refractivity contribution in [1.29, 1.82) is 0 Å². The first-order valence-corrected chi connectivity index (χ1v) is 6.17. The minimum absolute atomic E-state index is 0.0946. The molecule has 1 rings (SSSR count). The SMILES string of the molecule is CCC(CC)NCc1cc([N+](=O)[O-])ccc1OC. The zero-order valence-electron chi connectivity index (χ0n) is 11.1. The maximum absolute atomic E-state index is 10.7. The topological polar surface area (TPSA) is 64.4 Å². The highest BCUT2D eigenvalue weighted by atomic mass is 16.6. The third kappa shape index (κ3) is 3.70. The van der Waals surface area contributed by atoms with E-state index in [2.05, 4.69) is 19.2 Å². The zero-order valence-corrected chi connectivity index (χ0v) is 11.1. The number of benzene rings is 1. The van der Waals surface area contributed by atoms with E-state index >= 15 is 0 Å². The standard InChI is InChI=1S/C13H20N2O3/c1-4-11(5-2)14-9-10-8-12(15(16)17)6-7-13(10)18-3/h6-8,11,14H,4-5,9H2,1-3H3. The number of hydrogen-bond acceptors (Lipinski definition) is 4. The monoisotopic (exact) mass is 252 g/mol. The lowest BCUT2D eigenvalue weighted by Gasteiger charge is -2.16. The highest BCUT2D eigenvalue weighted by Gasteiger charge is 2.12. The average molecular weight is 252 g/mol. The van der Waals surface area contributed by atoms with Gasteiger partial charge in [-0.3, -0.25) is 10.1 Å². The normalized spacial score (nSPS) is 10.7. The van der Waals surface area contributed by atoms with Gasteiger partial charge < -0.3 is 10.1 Å². The van der Waals surface area contributed by atoms with Crippen LogP contribution >= 0.6 is 0 Å². The molecule has 0 amide bonds. The van der Waals surface area contributed by atoms with E-state index in [1.807, 2.05) is 0 Å². The fourth-order valence-electron chi connectivity index (χ4n) is 1.85. The van der Waals surface area contributed by atoms with Crippen LogP contribution < -0.4 is 10.1 Å². The summed E-state index contributed by atoms with van der Waals surface area (Å²) in [5.74, 6) is 0.680. The van der Waals surface area contributed by atoms with Gasteiger partial charge in [0.05, 0.1) is 12.0 Å². The summed E-state index contributed by atoms with van der Waals surface area (Å²) in [5, 5.41) is 14.1. The molecule has 18 heavy (non-hydrogen) atoms. The van der Waals surface area contributed by atoms with Crippen LogP contribution in [0.1, 0.15) is 32.3 Å². The molecule has 0 aliphatic heterocycles. The number of nitro benzene ring substituents is 1. The number of hydrogen-bond donors (Lipinski definition) is 1. The highest BCUT2D eigenvalue weighted by molar-refractivity contribution is 5.43. The summed E-state index contributed by atoms with van der Waals surface area (Å²) in [5.41, 5.74) is 0.913. The molecular formula is C13H20N2O3. The Hall–Kier alpha value is -1.62. The molecular weight excluding hydrogens is 232 g/mol. The first-order valence-electron chi connectivity index (χ1n) is 6.17. The summed E-state index contributed by atoms with van der Waals surface area (Å²) < 4.78 is 5.22. The Kier molecular flexibility index (Phi) is 5.58. The Labute approximate surface area is 107 Å². The van der Waals surface area contributed by atoms with Crippen molar-refractivity contribution in [1.82, 2.24) is 5.32 Å². The summed E-state index contributed by atoms with van der Waals surface area (Å²) in [6.45, 7) is 4.81. The lowest BCUT2D eigenvalue weighted by Crippen LogP contribution is -2.27. The number of nitro groups is 1. The molecule has 0 aromatic heterocycles. The van der Waals surface area contributed by atoms with E-state index in [4.69, 9.17) is 4.74 Å². The Morgan fingerprint density at radius 3 is 2.56 bits per heavy atom. The van der Waals surface area contributed by atoms with Crippen LogP contribution in [0.15, 0.2) is 18.2 Å². The molecule has 5 heteroatoms. The van der Waals surface area contributed by atoms with Crippen molar-refractivity contribution in [2.24, 2.45) is 0 Å². The molecule has 1 aromatic rings. The zero-order chi connectivity index (χ0) is 13.5. The molecule has 0 radical (unpaired) electrons. The van der Waals surface area contributed by atoms with E-state index in [0.29, 0.717) is 18.3 Å². The molecule has 0 saturated heterocycles. The summed E-state index contributed by atoms with van der Waals surface area (Å²) in [7, 11) is 1.57. The number of nitrogens with one attached hydrogen (secondary N) is 1. The first kappa shape index (κ1) is 14.4. The Balaban J connectivity index is 2.84. The molecule has 0 atom stereocenters. The molecule has 0 saturated carbocycles. The Bertz CT molecular complexity index is 403. The fraction of sp³-hybridized carbons (Fsp3) is 0.538. The summed E-state index contributed by atoms with van der Waals surface area (Å²) in [6.07, 6.45) is 2.07. The second-order valence-electron chi connectivity index (χ2n) is 4.15. The van der Waals surface area contributed by atoms with Gasteiger partial charge in [0.2, 0.25) is 0 Å². The minimum atomic E-state index is -0.389. The van der Waals surface area contributed by atoms with Crippen molar-refractivity contribution in [2.75, 3.05) is 7.11 Å². The van der Waals surface area contributed by atoms with Gasteiger partial charge in [0.25, 0.3) is 5.69 Å². The predicted octanol–water partition coefficient (Wildman–Crippen LogP) is 2.88. The van der Waals surface area contributed by atoms with Gasteiger partial charge in [-0.15, -0.1) is 0 Å². The molecule has 0 aliphatic carbocycles. The maximum atomic E-state index is 10.7. The first-order chi connectivity index (χ1) is 8.62. The van der Waals surface area contributed by atoms with E-state index in [1.165, 1.54) is 6.07 Å². The molecule has 0 aliphatic rings. The van der Waals surface area contributed by atoms with Crippen molar-refractivity contribution in [3.63, 3.8) is 0 Å². The fourth-order valence-corrected chi connectivity index (χ4v) is 1.85. The van der Waals surface area contributed by atoms with Crippen LogP contribution in [-0.4, -0.2) is 18.1 Å². The molecule has 0 unspecified atom stereocenters. The number of nitrogens with zero attached hydrogens (tertiary/aromatic N) is 1. The van der Waals surface area contributed by atoms with Crippen LogP contribution in [-0.2, 0) is 6.54 Å². The third-order valence-electron chi connectivity index (χ3n) is 3.04. The van der Waals surface area contributed by atoms with Crippen LogP contribution in [0.2, 0.25) is 0 Å². The number of methoxy groups -OCH3 is 1. The Morgan fingerprint density at radius 2 is 2.06 bits per heavy atom. The average Bonchev–Trinajstić information content (AvgIpc) is 2.39. The van der Waals surface area contributed by atoms with Gasteiger partial charge in [-0.2, -0.15) is 0 Å². The third-order valence-corrected chi connectivity index (χ3v) is 3.04. The molecule has 1 aromatic carbocycles. The van der Waals surface area contributed by atoms with E-state index < -0.39 is 0 Å².